The summed E-state index contributed by atoms with van der Waals surface area (Å²) in [4.78, 5) is 11.5. The van der Waals surface area contributed by atoms with E-state index in [1.807, 2.05) is 32.9 Å². The Balaban J connectivity index is 2.45. The van der Waals surface area contributed by atoms with Crippen molar-refractivity contribution < 1.29 is 9.21 Å². The van der Waals surface area contributed by atoms with Gasteiger partial charge in [0.25, 0.3) is 0 Å². The van der Waals surface area contributed by atoms with Crippen LogP contribution >= 0.6 is 11.8 Å². The van der Waals surface area contributed by atoms with Crippen molar-refractivity contribution in [2.75, 3.05) is 12.3 Å². The molecule has 0 fully saturated rings. The van der Waals surface area contributed by atoms with Gasteiger partial charge in [-0.1, -0.05) is 0 Å². The van der Waals surface area contributed by atoms with Gasteiger partial charge in [-0.2, -0.15) is 0 Å². The Labute approximate surface area is 106 Å². The van der Waals surface area contributed by atoms with Crippen molar-refractivity contribution in [1.29, 1.82) is 0 Å². The Bertz CT molecular complexity index is 363. The quantitative estimate of drug-likeness (QED) is 0.815. The maximum Gasteiger partial charge on any atom is 0.230 e. The predicted octanol–water partition coefficient (Wildman–Crippen LogP) is 1.85. The van der Waals surface area contributed by atoms with Crippen molar-refractivity contribution in [3.8, 4) is 0 Å². The van der Waals surface area contributed by atoms with Crippen molar-refractivity contribution in [3.63, 3.8) is 0 Å². The highest BCUT2D eigenvalue weighted by Crippen LogP contribution is 2.28. The number of rotatable bonds is 6. The predicted molar refractivity (Wildman–Crippen MR) is 71.0 cm³/mol. The molecule has 0 aliphatic heterocycles. The molecule has 1 unspecified atom stereocenters. The van der Waals surface area contributed by atoms with Gasteiger partial charge in [0.05, 0.1) is 11.0 Å². The molecule has 3 N–H and O–H groups in total. The molecule has 0 aromatic carbocycles. The number of nitrogens with two attached hydrogens (primary N) is 1. The number of hydrogen-bond donors (Lipinski definition) is 2. The van der Waals surface area contributed by atoms with Crippen molar-refractivity contribution in [1.82, 2.24) is 5.32 Å². The lowest BCUT2D eigenvalue weighted by molar-refractivity contribution is -0.119. The number of furan rings is 1. The van der Waals surface area contributed by atoms with Crippen LogP contribution in [0.3, 0.4) is 0 Å². The Morgan fingerprint density at radius 2 is 2.24 bits per heavy atom. The van der Waals surface area contributed by atoms with Crippen LogP contribution in [-0.4, -0.2) is 24.2 Å². The zero-order valence-electron chi connectivity index (χ0n) is 10.5. The molecular formula is C12H20N2O2S. The highest BCUT2D eigenvalue weighted by Gasteiger charge is 2.16. The van der Waals surface area contributed by atoms with Crippen molar-refractivity contribution in [3.05, 3.63) is 23.7 Å². The molecule has 0 aliphatic rings. The molecule has 1 aromatic heterocycles. The van der Waals surface area contributed by atoms with E-state index in [9.17, 15) is 4.79 Å². The summed E-state index contributed by atoms with van der Waals surface area (Å²) in [6.45, 7) is 6.25. The van der Waals surface area contributed by atoms with E-state index in [1.165, 1.54) is 11.8 Å². The molecule has 96 valence electrons. The Morgan fingerprint density at radius 3 is 2.71 bits per heavy atom. The number of carbonyl (C=O) groups excluding carboxylic acids is 1. The molecule has 1 rings (SSSR count). The van der Waals surface area contributed by atoms with E-state index < -0.39 is 0 Å². The molecule has 17 heavy (non-hydrogen) atoms. The number of aryl methyl sites for hydroxylation is 1. The Morgan fingerprint density at radius 1 is 1.53 bits per heavy atom. The zero-order valence-corrected chi connectivity index (χ0v) is 11.3. The average Bonchev–Trinajstić information content (AvgIpc) is 2.65. The highest BCUT2D eigenvalue weighted by atomic mass is 32.2. The first-order valence-corrected chi connectivity index (χ1v) is 6.75. The molecule has 0 bridgehead atoms. The smallest absolute Gasteiger partial charge is 0.230 e. The fraction of sp³-hybridized carbons (Fsp3) is 0.583. The number of nitrogens with one attached hydrogen (secondary N) is 1. The van der Waals surface area contributed by atoms with Gasteiger partial charge in [0, 0.05) is 12.6 Å². The molecule has 0 radical (unpaired) electrons. The van der Waals surface area contributed by atoms with E-state index in [1.54, 1.807) is 0 Å². The molecule has 0 saturated heterocycles. The molecule has 1 amide bonds. The molecule has 1 heterocycles. The van der Waals surface area contributed by atoms with Crippen LogP contribution in [0.2, 0.25) is 0 Å². The first-order valence-electron chi connectivity index (χ1n) is 5.70. The first kappa shape index (κ1) is 14.1. The van der Waals surface area contributed by atoms with Crippen LogP contribution < -0.4 is 11.1 Å². The standard InChI is InChI=1S/C12H20N2O2S/c1-8(2)14-12(15)7-17-11(6-13)10-5-4-9(3)16-10/h4-5,8,11H,6-7,13H2,1-3H3,(H,14,15). The summed E-state index contributed by atoms with van der Waals surface area (Å²) in [5, 5.41) is 2.89. The molecule has 4 nitrogen and oxygen atoms in total. The van der Waals surface area contributed by atoms with Gasteiger partial charge in [0.2, 0.25) is 5.91 Å². The SMILES string of the molecule is Cc1ccc(C(CN)SCC(=O)NC(C)C)o1. The Hall–Kier alpha value is -0.940. The molecule has 1 atom stereocenters. The number of carbonyl (C=O) groups is 1. The summed E-state index contributed by atoms with van der Waals surface area (Å²) in [7, 11) is 0. The third-order valence-electron chi connectivity index (χ3n) is 2.16. The van der Waals surface area contributed by atoms with Gasteiger partial charge < -0.3 is 15.5 Å². The fourth-order valence-corrected chi connectivity index (χ4v) is 2.30. The lowest BCUT2D eigenvalue weighted by atomic mass is 10.3. The van der Waals surface area contributed by atoms with Crippen molar-refractivity contribution in [2.45, 2.75) is 32.1 Å². The summed E-state index contributed by atoms with van der Waals surface area (Å²) >= 11 is 1.51. The molecule has 0 saturated carbocycles. The van der Waals surface area contributed by atoms with Crippen LogP contribution in [-0.2, 0) is 4.79 Å². The highest BCUT2D eigenvalue weighted by molar-refractivity contribution is 8.00. The topological polar surface area (TPSA) is 68.3 Å². The van der Waals surface area contributed by atoms with E-state index >= 15 is 0 Å². The van der Waals surface area contributed by atoms with Crippen molar-refractivity contribution in [2.24, 2.45) is 5.73 Å². The first-order chi connectivity index (χ1) is 8.02. The maximum atomic E-state index is 11.5. The second-order valence-corrected chi connectivity index (χ2v) is 5.40. The summed E-state index contributed by atoms with van der Waals surface area (Å²) in [6.07, 6.45) is 0. The molecule has 0 spiro atoms. The molecule has 0 aliphatic carbocycles. The van der Waals surface area contributed by atoms with Crippen molar-refractivity contribution >= 4 is 17.7 Å². The van der Waals surface area contributed by atoms with Crippen LogP contribution in [0, 0.1) is 6.92 Å². The molecule has 5 heteroatoms. The summed E-state index contributed by atoms with van der Waals surface area (Å²) in [6, 6.07) is 4.00. The number of hydrogen-bond acceptors (Lipinski definition) is 4. The van der Waals surface area contributed by atoms with Gasteiger partial charge in [-0.3, -0.25) is 4.79 Å². The maximum absolute atomic E-state index is 11.5. The van der Waals surface area contributed by atoms with Gasteiger partial charge in [0.15, 0.2) is 0 Å². The average molecular weight is 256 g/mol. The summed E-state index contributed by atoms with van der Waals surface area (Å²) in [5.41, 5.74) is 5.69. The van der Waals surface area contributed by atoms with Gasteiger partial charge in [-0.15, -0.1) is 11.8 Å². The lowest BCUT2D eigenvalue weighted by Crippen LogP contribution is -2.32. The van der Waals surface area contributed by atoms with Gasteiger partial charge in [0.1, 0.15) is 11.5 Å². The van der Waals surface area contributed by atoms with Crippen LogP contribution in [0.1, 0.15) is 30.6 Å². The fourth-order valence-electron chi connectivity index (χ4n) is 1.43. The second kappa shape index (κ2) is 6.71. The summed E-state index contributed by atoms with van der Waals surface area (Å²) < 4.78 is 5.52. The molecule has 1 aromatic rings. The normalized spacial score (nSPS) is 12.8. The van der Waals surface area contributed by atoms with Crippen LogP contribution in [0.25, 0.3) is 0 Å². The minimum Gasteiger partial charge on any atom is -0.465 e. The minimum absolute atomic E-state index is 0.0340. The van der Waals surface area contributed by atoms with Gasteiger partial charge in [-0.05, 0) is 32.9 Å². The van der Waals surface area contributed by atoms with E-state index in [0.717, 1.165) is 11.5 Å². The van der Waals surface area contributed by atoms with Crippen LogP contribution in [0.4, 0.5) is 0 Å². The van der Waals surface area contributed by atoms with E-state index in [4.69, 9.17) is 10.2 Å². The number of amides is 1. The van der Waals surface area contributed by atoms with E-state index in [0.29, 0.717) is 12.3 Å². The third-order valence-corrected chi connectivity index (χ3v) is 3.41. The Kier molecular flexibility index (Phi) is 5.58. The second-order valence-electron chi connectivity index (χ2n) is 4.21. The third kappa shape index (κ3) is 4.83. The van der Waals surface area contributed by atoms with Gasteiger partial charge >= 0.3 is 0 Å². The van der Waals surface area contributed by atoms with E-state index in [-0.39, 0.29) is 17.2 Å². The van der Waals surface area contributed by atoms with Crippen LogP contribution in [0.5, 0.6) is 0 Å². The monoisotopic (exact) mass is 256 g/mol. The number of thioether (sulfide) groups is 1. The van der Waals surface area contributed by atoms with Gasteiger partial charge in [-0.25, -0.2) is 0 Å². The molecular weight excluding hydrogens is 236 g/mol. The largest absolute Gasteiger partial charge is 0.465 e. The lowest BCUT2D eigenvalue weighted by Gasteiger charge is -2.13. The van der Waals surface area contributed by atoms with E-state index in [2.05, 4.69) is 5.32 Å². The zero-order chi connectivity index (χ0) is 12.8. The minimum atomic E-state index is 0.0340. The summed E-state index contributed by atoms with van der Waals surface area (Å²) in [5.74, 6) is 2.14. The van der Waals surface area contributed by atoms with Crippen LogP contribution in [0.15, 0.2) is 16.5 Å².